The van der Waals surface area contributed by atoms with Crippen molar-refractivity contribution >= 4 is 29.1 Å². The molecule has 12 heteroatoms. The molecule has 0 radical (unpaired) electrons. The number of carbonyl (C=O) groups excluding carboxylic acids is 3. The van der Waals surface area contributed by atoms with Crippen LogP contribution in [0.4, 0.5) is 0 Å². The molecule has 2 aromatic rings. The lowest BCUT2D eigenvalue weighted by Crippen LogP contribution is -2.56. The first-order valence-corrected chi connectivity index (χ1v) is 20.0. The molecule has 2 heterocycles. The molecule has 5 atom stereocenters. The molecule has 0 spiro atoms. The summed E-state index contributed by atoms with van der Waals surface area (Å²) in [6, 6.07) is 7.99. The largest absolute Gasteiger partial charge is 0.390 e. The monoisotopic (exact) mass is 726 g/mol. The molecule has 2 fully saturated rings. The predicted octanol–water partition coefficient (Wildman–Crippen LogP) is 3.35. The smallest absolute Gasteiger partial charge is 0.243 e. The molecule has 2 aliphatic rings. The lowest BCUT2D eigenvalue weighted by atomic mass is 9.82. The molecule has 1 aromatic heterocycles. The summed E-state index contributed by atoms with van der Waals surface area (Å²) in [5.41, 5.74) is 3.30. The van der Waals surface area contributed by atoms with E-state index >= 15 is 0 Å². The molecular weight excluding hydrogens is 665 g/mol. The Kier molecular flexibility index (Phi) is 16.8. The van der Waals surface area contributed by atoms with Gasteiger partial charge in [0.05, 0.1) is 29.3 Å². The number of piperazine rings is 1. The summed E-state index contributed by atoms with van der Waals surface area (Å²) >= 11 is 1.41. The molecule has 4 N–H and O–H groups in total. The molecule has 284 valence electrons. The van der Waals surface area contributed by atoms with Gasteiger partial charge in [-0.2, -0.15) is 0 Å². The SMILES string of the molecule is CC(C)C[C@H](O)[C@H](O)[C@H](CC1CCCCC1)NC(=O)[C@H](Cc1cscn1)NC(=O)[C@@H](CC(=O)N(C)CCN1CCN(C)CC1)Cc1ccccc1. The van der Waals surface area contributed by atoms with Crippen molar-refractivity contribution < 1.29 is 24.6 Å². The van der Waals surface area contributed by atoms with Gasteiger partial charge in [-0.05, 0) is 43.7 Å². The fourth-order valence-electron chi connectivity index (χ4n) is 7.30. The fraction of sp³-hybridized carbons (Fsp3) is 0.692. The summed E-state index contributed by atoms with van der Waals surface area (Å²) in [5, 5.41) is 30.2. The lowest BCUT2D eigenvalue weighted by Gasteiger charge is -2.34. The number of nitrogens with one attached hydrogen (secondary N) is 2. The van der Waals surface area contributed by atoms with Crippen molar-refractivity contribution in [1.29, 1.82) is 0 Å². The Bertz CT molecular complexity index is 1320. The number of likely N-dealkylation sites (N-methyl/N-ethyl adjacent to an activating group) is 2. The molecular formula is C39H62N6O5S. The molecule has 51 heavy (non-hydrogen) atoms. The van der Waals surface area contributed by atoms with Crippen molar-refractivity contribution in [3.05, 3.63) is 52.5 Å². The van der Waals surface area contributed by atoms with E-state index in [-0.39, 0.29) is 30.6 Å². The van der Waals surface area contributed by atoms with Crippen molar-refractivity contribution in [2.24, 2.45) is 17.8 Å². The number of thiazole rings is 1. The average Bonchev–Trinajstić information content (AvgIpc) is 3.64. The molecule has 1 aliphatic carbocycles. The lowest BCUT2D eigenvalue weighted by molar-refractivity contribution is -0.137. The zero-order valence-electron chi connectivity index (χ0n) is 31.2. The minimum Gasteiger partial charge on any atom is -0.390 e. The number of aliphatic hydroxyl groups is 2. The Labute approximate surface area is 309 Å². The van der Waals surface area contributed by atoms with Crippen LogP contribution in [-0.4, -0.2) is 125 Å². The fourth-order valence-corrected chi connectivity index (χ4v) is 7.87. The summed E-state index contributed by atoms with van der Waals surface area (Å²) in [5.74, 6) is -1.11. The topological polar surface area (TPSA) is 138 Å². The third-order valence-corrected chi connectivity index (χ3v) is 11.2. The Hall–Kier alpha value is -2.90. The zero-order valence-corrected chi connectivity index (χ0v) is 32.0. The second-order valence-electron chi connectivity index (χ2n) is 15.3. The number of hydrogen-bond acceptors (Lipinski definition) is 9. The van der Waals surface area contributed by atoms with Gasteiger partial charge in [-0.3, -0.25) is 19.3 Å². The van der Waals surface area contributed by atoms with Gasteiger partial charge in [-0.15, -0.1) is 11.3 Å². The molecule has 3 amide bonds. The number of aromatic nitrogens is 1. The summed E-state index contributed by atoms with van der Waals surface area (Å²) in [4.78, 5) is 52.7. The highest BCUT2D eigenvalue weighted by molar-refractivity contribution is 7.07. The van der Waals surface area contributed by atoms with Gasteiger partial charge >= 0.3 is 0 Å². The van der Waals surface area contributed by atoms with E-state index in [1.54, 1.807) is 17.5 Å². The molecule has 1 aliphatic heterocycles. The first-order valence-electron chi connectivity index (χ1n) is 19.0. The molecule has 4 rings (SSSR count). The van der Waals surface area contributed by atoms with Gasteiger partial charge < -0.3 is 30.6 Å². The second-order valence-corrected chi connectivity index (χ2v) is 16.1. The number of rotatable bonds is 19. The molecule has 1 saturated heterocycles. The van der Waals surface area contributed by atoms with Gasteiger partial charge in [0.1, 0.15) is 12.1 Å². The molecule has 1 aromatic carbocycles. The quantitative estimate of drug-likeness (QED) is 0.173. The molecule has 0 unspecified atom stereocenters. The maximum atomic E-state index is 14.2. The van der Waals surface area contributed by atoms with E-state index in [4.69, 9.17) is 0 Å². The van der Waals surface area contributed by atoms with E-state index in [1.807, 2.05) is 49.6 Å². The van der Waals surface area contributed by atoms with Crippen LogP contribution in [0.3, 0.4) is 0 Å². The standard InChI is InChI=1S/C39H62N6O5S/c1-28(2)21-35(46)37(48)33(23-30-13-9-6-10-14-30)41-39(50)34(25-32-26-51-27-40-32)42-38(49)31(22-29-11-7-5-8-12-29)24-36(47)44(4)17-20-45-18-15-43(3)16-19-45/h5,7-8,11-12,26-28,30-31,33-35,37,46,48H,6,9-10,13-25H2,1-4H3,(H,41,50)(H,42,49)/t31-,33+,34+,35+,37-/m1/s1. The minimum absolute atomic E-state index is 0.00934. The van der Waals surface area contributed by atoms with Crippen molar-refractivity contribution in [1.82, 2.24) is 30.3 Å². The number of hydrogen-bond donors (Lipinski definition) is 4. The summed E-state index contributed by atoms with van der Waals surface area (Å²) < 4.78 is 0. The third-order valence-electron chi connectivity index (χ3n) is 10.6. The van der Waals surface area contributed by atoms with Crippen LogP contribution in [0.1, 0.15) is 76.5 Å². The summed E-state index contributed by atoms with van der Waals surface area (Å²) in [6.45, 7) is 9.28. The van der Waals surface area contributed by atoms with Crippen LogP contribution in [-0.2, 0) is 27.2 Å². The van der Waals surface area contributed by atoms with Crippen molar-refractivity contribution in [2.75, 3.05) is 53.4 Å². The van der Waals surface area contributed by atoms with Crippen LogP contribution < -0.4 is 10.6 Å². The van der Waals surface area contributed by atoms with Gasteiger partial charge in [-0.1, -0.05) is 76.3 Å². The van der Waals surface area contributed by atoms with Crippen molar-refractivity contribution in [3.8, 4) is 0 Å². The normalized spacial score (nSPS) is 19.2. The van der Waals surface area contributed by atoms with Crippen molar-refractivity contribution in [3.63, 3.8) is 0 Å². The third kappa shape index (κ3) is 13.9. The van der Waals surface area contributed by atoms with Gasteiger partial charge in [0.2, 0.25) is 17.7 Å². The number of carbonyl (C=O) groups is 3. The van der Waals surface area contributed by atoms with Gasteiger partial charge in [0.15, 0.2) is 0 Å². The molecule has 11 nitrogen and oxygen atoms in total. The van der Waals surface area contributed by atoms with Gasteiger partial charge in [-0.25, -0.2) is 4.98 Å². The Balaban J connectivity index is 1.49. The van der Waals surface area contributed by atoms with E-state index in [0.29, 0.717) is 37.4 Å². The maximum absolute atomic E-state index is 14.2. The highest BCUT2D eigenvalue weighted by atomic mass is 32.1. The number of nitrogens with zero attached hydrogens (tertiary/aromatic N) is 4. The van der Waals surface area contributed by atoms with E-state index in [1.165, 1.54) is 17.8 Å². The molecule has 1 saturated carbocycles. The Morgan fingerprint density at radius 3 is 2.33 bits per heavy atom. The predicted molar refractivity (Wildman–Crippen MR) is 202 cm³/mol. The number of benzene rings is 1. The summed E-state index contributed by atoms with van der Waals surface area (Å²) in [6.07, 6.45) is 4.84. The van der Waals surface area contributed by atoms with E-state index in [0.717, 1.165) is 64.0 Å². The summed E-state index contributed by atoms with van der Waals surface area (Å²) in [7, 11) is 3.91. The van der Waals surface area contributed by atoms with Crippen LogP contribution in [0.2, 0.25) is 0 Å². The first-order chi connectivity index (χ1) is 24.5. The maximum Gasteiger partial charge on any atom is 0.243 e. The second kappa shape index (κ2) is 21.0. The molecule has 0 bridgehead atoms. The average molecular weight is 727 g/mol. The van der Waals surface area contributed by atoms with Crippen LogP contribution >= 0.6 is 11.3 Å². The Morgan fingerprint density at radius 2 is 1.69 bits per heavy atom. The first kappa shape index (κ1) is 40.9. The highest BCUT2D eigenvalue weighted by Crippen LogP contribution is 2.29. The highest BCUT2D eigenvalue weighted by Gasteiger charge is 2.35. The zero-order chi connectivity index (χ0) is 36.8. The van der Waals surface area contributed by atoms with Crippen LogP contribution in [0.5, 0.6) is 0 Å². The van der Waals surface area contributed by atoms with E-state index in [9.17, 15) is 24.6 Å². The van der Waals surface area contributed by atoms with Crippen molar-refractivity contribution in [2.45, 2.75) is 102 Å². The Morgan fingerprint density at radius 1 is 0.980 bits per heavy atom. The van der Waals surface area contributed by atoms with Gasteiger partial charge in [0, 0.05) is 64.5 Å². The number of aliphatic hydroxyl groups excluding tert-OH is 2. The van der Waals surface area contributed by atoms with E-state index < -0.39 is 36.1 Å². The number of amides is 3. The van der Waals surface area contributed by atoms with Crippen LogP contribution in [0.25, 0.3) is 0 Å². The van der Waals surface area contributed by atoms with Crippen LogP contribution in [0.15, 0.2) is 41.2 Å². The minimum atomic E-state index is -1.14. The van der Waals surface area contributed by atoms with E-state index in [2.05, 4.69) is 32.5 Å². The van der Waals surface area contributed by atoms with Gasteiger partial charge in [0.25, 0.3) is 0 Å². The van der Waals surface area contributed by atoms with Crippen LogP contribution in [0, 0.1) is 17.8 Å².